The molecular formula is C18H24ClN5O6S2. The van der Waals surface area contributed by atoms with E-state index < -0.39 is 26.0 Å². The Labute approximate surface area is 192 Å². The third-order valence-corrected chi connectivity index (χ3v) is 7.44. The van der Waals surface area contributed by atoms with Crippen molar-refractivity contribution in [3.63, 3.8) is 0 Å². The van der Waals surface area contributed by atoms with Gasteiger partial charge in [-0.1, -0.05) is 6.42 Å². The first kappa shape index (κ1) is 24.3. The molecule has 1 aliphatic carbocycles. The molecule has 3 N–H and O–H groups in total. The van der Waals surface area contributed by atoms with Gasteiger partial charge in [0.2, 0.25) is 10.0 Å². The summed E-state index contributed by atoms with van der Waals surface area (Å²) in [6.07, 6.45) is 3.20. The molecule has 2 atom stereocenters. The fraction of sp³-hybridized carbons (Fsp3) is 0.444. The minimum atomic E-state index is -4.26. The molecule has 2 heterocycles. The summed E-state index contributed by atoms with van der Waals surface area (Å²) >= 11 is 0. The summed E-state index contributed by atoms with van der Waals surface area (Å²) in [5, 5.41) is 16.9. The van der Waals surface area contributed by atoms with Crippen molar-refractivity contribution < 1.29 is 26.7 Å². The Morgan fingerprint density at radius 3 is 2.59 bits per heavy atom. The molecule has 1 aromatic carbocycles. The number of amidine groups is 1. The van der Waals surface area contributed by atoms with Crippen LogP contribution >= 0.6 is 12.4 Å². The summed E-state index contributed by atoms with van der Waals surface area (Å²) < 4.78 is 54.6. The predicted molar refractivity (Wildman–Crippen MR) is 122 cm³/mol. The Hall–Kier alpha value is -2.35. The minimum Gasteiger partial charge on any atom is -0.511 e. The van der Waals surface area contributed by atoms with Crippen molar-refractivity contribution in [1.29, 1.82) is 0 Å². The Morgan fingerprint density at radius 2 is 1.97 bits per heavy atom. The Balaban J connectivity index is 0.00000289. The van der Waals surface area contributed by atoms with Crippen LogP contribution in [0.5, 0.6) is 0 Å². The largest absolute Gasteiger partial charge is 0.511 e. The van der Waals surface area contributed by atoms with Crippen LogP contribution in [0.1, 0.15) is 19.3 Å². The number of aliphatic hydroxyl groups excluding tert-OH is 1. The number of nitrogens with zero attached hydrogens (tertiary/aromatic N) is 3. The maximum Gasteiger partial charge on any atom is 0.286 e. The van der Waals surface area contributed by atoms with E-state index in [9.17, 15) is 26.7 Å². The van der Waals surface area contributed by atoms with Crippen LogP contribution < -0.4 is 10.0 Å². The fourth-order valence-corrected chi connectivity index (χ4v) is 6.06. The maximum absolute atomic E-state index is 13.2. The summed E-state index contributed by atoms with van der Waals surface area (Å²) in [5.74, 6) is -1.25. The zero-order valence-electron chi connectivity index (χ0n) is 17.6. The van der Waals surface area contributed by atoms with Crippen molar-refractivity contribution in [2.24, 2.45) is 10.3 Å². The molecule has 11 nitrogen and oxygen atoms in total. The van der Waals surface area contributed by atoms with E-state index in [1.165, 1.54) is 17.1 Å². The number of carbonyl (C=O) groups is 1. The number of aliphatic hydroxyl groups is 1. The molecule has 32 heavy (non-hydrogen) atoms. The van der Waals surface area contributed by atoms with Crippen molar-refractivity contribution in [1.82, 2.24) is 10.0 Å². The molecular weight excluding hydrogens is 482 g/mol. The first-order valence-corrected chi connectivity index (χ1v) is 12.9. The SMILES string of the molecule is CN(C)N1C(=O)C(C2=NS(=O)(=O)c3cc(NS(C)(=O)=O)ccc3N2)=C(O)C2CCCC21.Cl. The number of nitrogens with one attached hydrogen (secondary N) is 2. The van der Waals surface area contributed by atoms with Gasteiger partial charge < -0.3 is 10.4 Å². The molecule has 14 heteroatoms. The first-order chi connectivity index (χ1) is 14.4. The highest BCUT2D eigenvalue weighted by Crippen LogP contribution is 2.41. The molecule has 1 fully saturated rings. The summed E-state index contributed by atoms with van der Waals surface area (Å²) in [5.41, 5.74) is 0.0140. The van der Waals surface area contributed by atoms with Gasteiger partial charge in [-0.2, -0.15) is 8.42 Å². The average Bonchev–Trinajstić information content (AvgIpc) is 3.10. The summed E-state index contributed by atoms with van der Waals surface area (Å²) in [6.45, 7) is 0. The van der Waals surface area contributed by atoms with Crippen molar-refractivity contribution in [3.8, 4) is 0 Å². The van der Waals surface area contributed by atoms with Crippen LogP contribution in [0.25, 0.3) is 0 Å². The van der Waals surface area contributed by atoms with Gasteiger partial charge in [0.25, 0.3) is 15.9 Å². The zero-order valence-corrected chi connectivity index (χ0v) is 20.0. The number of fused-ring (bicyclic) bond motifs is 2. The predicted octanol–water partition coefficient (Wildman–Crippen LogP) is 1.29. The minimum absolute atomic E-state index is 0. The number of carbonyl (C=O) groups excluding carboxylic acids is 1. The van der Waals surface area contributed by atoms with Gasteiger partial charge in [0, 0.05) is 25.7 Å². The molecule has 1 amide bonds. The number of sulfonamides is 2. The maximum atomic E-state index is 13.2. The van der Waals surface area contributed by atoms with E-state index in [4.69, 9.17) is 0 Å². The molecule has 1 saturated carbocycles. The monoisotopic (exact) mass is 505 g/mol. The molecule has 0 radical (unpaired) electrons. The average molecular weight is 506 g/mol. The van der Waals surface area contributed by atoms with Gasteiger partial charge in [-0.15, -0.1) is 16.8 Å². The van der Waals surface area contributed by atoms with Gasteiger partial charge in [-0.3, -0.25) is 14.5 Å². The van der Waals surface area contributed by atoms with E-state index in [1.807, 2.05) is 0 Å². The molecule has 0 aromatic heterocycles. The normalized spacial score (nSPS) is 24.3. The van der Waals surface area contributed by atoms with Crippen molar-refractivity contribution >= 4 is 55.6 Å². The fourth-order valence-electron chi connectivity index (χ4n) is 4.36. The zero-order chi connectivity index (χ0) is 22.7. The molecule has 4 rings (SSSR count). The summed E-state index contributed by atoms with van der Waals surface area (Å²) in [6, 6.07) is 3.72. The third kappa shape index (κ3) is 4.17. The first-order valence-electron chi connectivity index (χ1n) is 9.57. The van der Waals surface area contributed by atoms with Crippen LogP contribution in [-0.4, -0.2) is 70.1 Å². The number of rotatable bonds is 4. The van der Waals surface area contributed by atoms with E-state index >= 15 is 0 Å². The van der Waals surface area contributed by atoms with Gasteiger partial charge in [-0.25, -0.2) is 13.4 Å². The topological polar surface area (TPSA) is 148 Å². The lowest BCUT2D eigenvalue weighted by Crippen LogP contribution is -2.55. The lowest BCUT2D eigenvalue weighted by Gasteiger charge is -2.41. The molecule has 0 bridgehead atoms. The van der Waals surface area contributed by atoms with E-state index in [0.717, 1.165) is 25.2 Å². The molecule has 3 aliphatic rings. The number of amides is 1. The Morgan fingerprint density at radius 1 is 1.28 bits per heavy atom. The highest BCUT2D eigenvalue weighted by molar-refractivity contribution is 7.92. The molecule has 1 aromatic rings. The number of hydrazine groups is 1. The second-order valence-electron chi connectivity index (χ2n) is 7.99. The second-order valence-corrected chi connectivity index (χ2v) is 11.3. The van der Waals surface area contributed by atoms with Crippen LogP contribution in [0.4, 0.5) is 11.4 Å². The van der Waals surface area contributed by atoms with E-state index in [2.05, 4.69) is 14.4 Å². The molecule has 0 saturated heterocycles. The highest BCUT2D eigenvalue weighted by Gasteiger charge is 2.47. The lowest BCUT2D eigenvalue weighted by atomic mass is 9.91. The quantitative estimate of drug-likeness (QED) is 0.554. The standard InChI is InChI=1S/C18H23N5O6S2.ClH/c1-22(2)23-13-6-4-5-11(13)16(24)15(18(23)25)17-19-12-8-7-10(20-30(3,26)27)9-14(12)31(28,29)21-17;/h7-9,11,13,20,24H,4-6H2,1-3H3,(H,19,21);1H. The number of anilines is 2. The second kappa shape index (κ2) is 8.21. The van der Waals surface area contributed by atoms with Gasteiger partial charge in [0.05, 0.1) is 18.0 Å². The van der Waals surface area contributed by atoms with E-state index in [1.54, 1.807) is 19.1 Å². The number of hydrogen-bond acceptors (Lipinski definition) is 8. The van der Waals surface area contributed by atoms with Crippen molar-refractivity contribution in [2.45, 2.75) is 30.2 Å². The molecule has 0 spiro atoms. The number of halogens is 1. The molecule has 2 unspecified atom stereocenters. The number of benzene rings is 1. The molecule has 176 valence electrons. The van der Waals surface area contributed by atoms with Crippen LogP contribution in [0.15, 0.2) is 38.8 Å². The van der Waals surface area contributed by atoms with Gasteiger partial charge in [0.15, 0.2) is 5.84 Å². The molecule has 2 aliphatic heterocycles. The van der Waals surface area contributed by atoms with Gasteiger partial charge in [0.1, 0.15) is 16.2 Å². The summed E-state index contributed by atoms with van der Waals surface area (Å²) in [7, 11) is -4.44. The van der Waals surface area contributed by atoms with Gasteiger partial charge >= 0.3 is 0 Å². The van der Waals surface area contributed by atoms with Crippen LogP contribution in [0.3, 0.4) is 0 Å². The Bertz CT molecular complexity index is 1240. The van der Waals surface area contributed by atoms with E-state index in [0.29, 0.717) is 6.42 Å². The Kier molecular flexibility index (Phi) is 6.23. The number of hydrogen-bond donors (Lipinski definition) is 3. The lowest BCUT2D eigenvalue weighted by molar-refractivity contribution is -0.149. The van der Waals surface area contributed by atoms with Gasteiger partial charge in [-0.05, 0) is 31.0 Å². The van der Waals surface area contributed by atoms with E-state index in [-0.39, 0.29) is 57.8 Å². The smallest absolute Gasteiger partial charge is 0.286 e. The van der Waals surface area contributed by atoms with Crippen molar-refractivity contribution in [2.75, 3.05) is 30.4 Å². The van der Waals surface area contributed by atoms with Crippen LogP contribution in [0, 0.1) is 5.92 Å². The summed E-state index contributed by atoms with van der Waals surface area (Å²) in [4.78, 5) is 13.0. The van der Waals surface area contributed by atoms with Crippen molar-refractivity contribution in [3.05, 3.63) is 29.5 Å². The highest BCUT2D eigenvalue weighted by atomic mass is 35.5. The van der Waals surface area contributed by atoms with Crippen LogP contribution in [-0.2, 0) is 24.8 Å². The third-order valence-electron chi connectivity index (χ3n) is 5.52. The van der Waals surface area contributed by atoms with Crippen LogP contribution in [0.2, 0.25) is 0 Å².